The number of hydrogen-bond donors (Lipinski definition) is 1. The summed E-state index contributed by atoms with van der Waals surface area (Å²) in [7, 11) is 0. The monoisotopic (exact) mass is 392 g/mol. The van der Waals surface area contributed by atoms with E-state index in [1.54, 1.807) is 6.07 Å². The van der Waals surface area contributed by atoms with Crippen molar-refractivity contribution in [1.29, 1.82) is 0 Å². The van der Waals surface area contributed by atoms with E-state index in [0.717, 1.165) is 51.3 Å². The van der Waals surface area contributed by atoms with Crippen molar-refractivity contribution in [2.75, 3.05) is 6.73 Å². The number of hydrogen-bond acceptors (Lipinski definition) is 3. The van der Waals surface area contributed by atoms with E-state index >= 15 is 0 Å². The molecular formula is C23H19ClNO3+. The number of aryl methyl sites for hydroxylation is 1. The lowest BCUT2D eigenvalue weighted by Crippen LogP contribution is -3.10. The Morgan fingerprint density at radius 2 is 1.79 bits per heavy atom. The van der Waals surface area contributed by atoms with Crippen molar-refractivity contribution in [2.45, 2.75) is 20.0 Å². The SMILES string of the molecule is Cc1c2c(cc3c1oc(=O)c1ccccc13)C[NH+](Cc1ccccc1Cl)CO2. The highest BCUT2D eigenvalue weighted by atomic mass is 35.5. The van der Waals surface area contributed by atoms with Crippen molar-refractivity contribution in [3.8, 4) is 5.75 Å². The summed E-state index contributed by atoms with van der Waals surface area (Å²) in [5.74, 6) is 0.828. The quantitative estimate of drug-likeness (QED) is 0.416. The summed E-state index contributed by atoms with van der Waals surface area (Å²) in [6, 6.07) is 17.6. The number of fused-ring (bicyclic) bond motifs is 4. The van der Waals surface area contributed by atoms with Gasteiger partial charge in [0.25, 0.3) is 0 Å². The van der Waals surface area contributed by atoms with Crippen molar-refractivity contribution in [2.24, 2.45) is 0 Å². The Labute approximate surface area is 166 Å². The Kier molecular flexibility index (Phi) is 4.11. The molecule has 5 heteroatoms. The van der Waals surface area contributed by atoms with E-state index in [1.165, 1.54) is 4.90 Å². The molecule has 5 rings (SSSR count). The molecule has 0 amide bonds. The number of benzene rings is 3. The summed E-state index contributed by atoms with van der Waals surface area (Å²) in [6.45, 7) is 4.12. The number of halogens is 1. The van der Waals surface area contributed by atoms with Crippen LogP contribution in [0.3, 0.4) is 0 Å². The Morgan fingerprint density at radius 1 is 1.04 bits per heavy atom. The van der Waals surface area contributed by atoms with E-state index in [1.807, 2.05) is 43.3 Å². The Balaban J connectivity index is 1.61. The lowest BCUT2D eigenvalue weighted by molar-refractivity contribution is -0.945. The van der Waals surface area contributed by atoms with Gasteiger partial charge in [0.15, 0.2) is 0 Å². The molecule has 0 radical (unpaired) electrons. The van der Waals surface area contributed by atoms with Crippen LogP contribution in [-0.4, -0.2) is 6.73 Å². The van der Waals surface area contributed by atoms with Gasteiger partial charge >= 0.3 is 5.63 Å². The van der Waals surface area contributed by atoms with Crippen molar-refractivity contribution in [3.63, 3.8) is 0 Å². The molecule has 4 nitrogen and oxygen atoms in total. The first-order chi connectivity index (χ1) is 13.6. The molecule has 1 aliphatic rings. The highest BCUT2D eigenvalue weighted by Gasteiger charge is 2.25. The van der Waals surface area contributed by atoms with Crippen LogP contribution < -0.4 is 15.3 Å². The minimum Gasteiger partial charge on any atom is -0.444 e. The third-order valence-electron chi connectivity index (χ3n) is 5.43. The molecule has 1 atom stereocenters. The summed E-state index contributed by atoms with van der Waals surface area (Å²) in [4.78, 5) is 13.7. The molecule has 0 fully saturated rings. The van der Waals surface area contributed by atoms with Gasteiger partial charge in [0.2, 0.25) is 6.73 Å². The molecule has 0 aliphatic carbocycles. The van der Waals surface area contributed by atoms with Gasteiger partial charge in [-0.1, -0.05) is 48.0 Å². The Hall–Kier alpha value is -2.82. The summed E-state index contributed by atoms with van der Waals surface area (Å²) in [5, 5.41) is 3.25. The van der Waals surface area contributed by atoms with Gasteiger partial charge in [-0.05, 0) is 30.5 Å². The molecule has 1 aromatic heterocycles. The molecule has 0 saturated heterocycles. The molecule has 3 aromatic carbocycles. The summed E-state index contributed by atoms with van der Waals surface area (Å²) >= 11 is 6.33. The smallest absolute Gasteiger partial charge is 0.344 e. The molecule has 1 unspecified atom stereocenters. The molecule has 1 aliphatic heterocycles. The summed E-state index contributed by atoms with van der Waals surface area (Å²) in [6.07, 6.45) is 0. The third kappa shape index (κ3) is 2.77. The standard InChI is InChI=1S/C23H18ClNO3/c1-14-21-16(12-25(13-27-21)11-15-6-2-5-9-20(15)24)10-19-17-7-3-4-8-18(17)23(26)28-22(14)19/h2-10H,11-13H2,1H3/p+1. The molecule has 0 saturated carbocycles. The van der Waals surface area contributed by atoms with Gasteiger partial charge in [-0.15, -0.1) is 0 Å². The molecule has 4 aromatic rings. The van der Waals surface area contributed by atoms with Crippen LogP contribution in [0.5, 0.6) is 5.75 Å². The minimum absolute atomic E-state index is 0.312. The second-order valence-corrected chi connectivity index (χ2v) is 7.69. The van der Waals surface area contributed by atoms with E-state index < -0.39 is 0 Å². The molecule has 0 bridgehead atoms. The fourth-order valence-corrected chi connectivity index (χ4v) is 4.28. The fraction of sp³-hybridized carbons (Fsp3) is 0.174. The van der Waals surface area contributed by atoms with Crippen molar-refractivity contribution < 1.29 is 14.1 Å². The zero-order chi connectivity index (χ0) is 19.3. The first-order valence-corrected chi connectivity index (χ1v) is 9.67. The minimum atomic E-state index is -0.312. The number of quaternary nitrogens is 1. The van der Waals surface area contributed by atoms with E-state index in [2.05, 4.69) is 12.1 Å². The van der Waals surface area contributed by atoms with Gasteiger partial charge in [0.1, 0.15) is 24.4 Å². The van der Waals surface area contributed by atoms with E-state index in [9.17, 15) is 4.79 Å². The second kappa shape index (κ2) is 6.66. The highest BCUT2D eigenvalue weighted by Crippen LogP contribution is 2.35. The molecule has 0 spiro atoms. The van der Waals surface area contributed by atoms with Gasteiger partial charge in [-0.3, -0.25) is 4.90 Å². The van der Waals surface area contributed by atoms with Gasteiger partial charge in [-0.25, -0.2) is 4.79 Å². The van der Waals surface area contributed by atoms with Crippen LogP contribution in [0, 0.1) is 6.92 Å². The van der Waals surface area contributed by atoms with Crippen molar-refractivity contribution >= 4 is 33.3 Å². The largest absolute Gasteiger partial charge is 0.444 e. The zero-order valence-corrected chi connectivity index (χ0v) is 16.2. The Bertz CT molecular complexity index is 1280. The first kappa shape index (κ1) is 17.3. The highest BCUT2D eigenvalue weighted by molar-refractivity contribution is 6.31. The number of ether oxygens (including phenoxy) is 1. The van der Waals surface area contributed by atoms with E-state index in [4.69, 9.17) is 20.8 Å². The lowest BCUT2D eigenvalue weighted by atomic mass is 10.00. The average molecular weight is 393 g/mol. The maximum Gasteiger partial charge on any atom is 0.344 e. The van der Waals surface area contributed by atoms with Crippen LogP contribution in [-0.2, 0) is 13.1 Å². The topological polar surface area (TPSA) is 43.9 Å². The van der Waals surface area contributed by atoms with Crippen LogP contribution in [0.4, 0.5) is 0 Å². The maximum absolute atomic E-state index is 12.4. The second-order valence-electron chi connectivity index (χ2n) is 7.29. The molecule has 28 heavy (non-hydrogen) atoms. The summed E-state index contributed by atoms with van der Waals surface area (Å²) < 4.78 is 11.7. The van der Waals surface area contributed by atoms with Crippen LogP contribution in [0.2, 0.25) is 5.02 Å². The van der Waals surface area contributed by atoms with Gasteiger partial charge in [0.05, 0.1) is 5.39 Å². The van der Waals surface area contributed by atoms with Crippen LogP contribution in [0.15, 0.2) is 63.8 Å². The van der Waals surface area contributed by atoms with Crippen LogP contribution in [0.1, 0.15) is 16.7 Å². The van der Waals surface area contributed by atoms with Gasteiger partial charge < -0.3 is 9.15 Å². The van der Waals surface area contributed by atoms with Crippen LogP contribution >= 0.6 is 11.6 Å². The number of rotatable bonds is 2. The average Bonchev–Trinajstić information content (AvgIpc) is 2.71. The van der Waals surface area contributed by atoms with Crippen molar-refractivity contribution in [3.05, 3.63) is 86.7 Å². The lowest BCUT2D eigenvalue weighted by Gasteiger charge is -2.28. The number of nitrogens with one attached hydrogen (secondary N) is 1. The Morgan fingerprint density at radius 3 is 2.61 bits per heavy atom. The normalized spacial score (nSPS) is 16.1. The van der Waals surface area contributed by atoms with Crippen molar-refractivity contribution in [1.82, 2.24) is 0 Å². The summed E-state index contributed by atoms with van der Waals surface area (Å²) in [5.41, 5.74) is 3.41. The zero-order valence-electron chi connectivity index (χ0n) is 15.4. The van der Waals surface area contributed by atoms with Gasteiger partial charge in [0, 0.05) is 27.1 Å². The molecule has 1 N–H and O–H groups in total. The van der Waals surface area contributed by atoms with E-state index in [-0.39, 0.29) is 5.63 Å². The molecule has 2 heterocycles. The molecule has 140 valence electrons. The predicted octanol–water partition coefficient (Wildman–Crippen LogP) is 3.84. The van der Waals surface area contributed by atoms with Crippen LogP contribution in [0.25, 0.3) is 21.7 Å². The molecular weight excluding hydrogens is 374 g/mol. The third-order valence-corrected chi connectivity index (χ3v) is 5.80. The first-order valence-electron chi connectivity index (χ1n) is 9.29. The fourth-order valence-electron chi connectivity index (χ4n) is 4.08. The van der Waals surface area contributed by atoms with Gasteiger partial charge in [-0.2, -0.15) is 0 Å². The maximum atomic E-state index is 12.4. The van der Waals surface area contributed by atoms with E-state index in [0.29, 0.717) is 17.7 Å². The predicted molar refractivity (Wildman–Crippen MR) is 110 cm³/mol.